The third kappa shape index (κ3) is 7.02. The van der Waals surface area contributed by atoms with Crippen LogP contribution in [0.3, 0.4) is 0 Å². The van der Waals surface area contributed by atoms with Crippen molar-refractivity contribution in [3.63, 3.8) is 0 Å². The molecule has 7 nitrogen and oxygen atoms in total. The van der Waals surface area contributed by atoms with Crippen LogP contribution >= 0.6 is 0 Å². The summed E-state index contributed by atoms with van der Waals surface area (Å²) in [6.07, 6.45) is 1.78. The summed E-state index contributed by atoms with van der Waals surface area (Å²) in [6, 6.07) is 9.83. The lowest BCUT2D eigenvalue weighted by molar-refractivity contribution is 0.306. The zero-order valence-corrected chi connectivity index (χ0v) is 18.0. The topological polar surface area (TPSA) is 73.3 Å². The number of halogens is 1. The average Bonchev–Trinajstić information content (AvgIpc) is 2.78. The Bertz CT molecular complexity index is 788. The number of unbranched alkanes of at least 4 members (excludes halogenated alkanes) is 1. The molecule has 0 aromatic heterocycles. The Kier molecular flexibility index (Phi) is 9.57. The summed E-state index contributed by atoms with van der Waals surface area (Å²) in [7, 11) is 6.49. The maximum Gasteiger partial charge on any atom is 0.203 e. The first-order valence-corrected chi connectivity index (χ1v) is 9.73. The number of ether oxygens (including phenoxy) is 4. The molecule has 2 aromatic carbocycles. The van der Waals surface area contributed by atoms with Crippen molar-refractivity contribution in [2.24, 2.45) is 4.99 Å². The molecule has 0 amide bonds. The van der Waals surface area contributed by atoms with E-state index in [1.165, 1.54) is 12.1 Å². The number of nitrogens with one attached hydrogen (secondary N) is 2. The molecule has 2 N–H and O–H groups in total. The molecule has 0 heterocycles. The van der Waals surface area contributed by atoms with Gasteiger partial charge in [0.2, 0.25) is 5.75 Å². The zero-order valence-electron chi connectivity index (χ0n) is 18.0. The smallest absolute Gasteiger partial charge is 0.203 e. The van der Waals surface area contributed by atoms with E-state index < -0.39 is 0 Å². The molecule has 8 heteroatoms. The zero-order chi connectivity index (χ0) is 21.8. The van der Waals surface area contributed by atoms with Gasteiger partial charge in [0.1, 0.15) is 11.6 Å². The van der Waals surface area contributed by atoms with Crippen molar-refractivity contribution in [3.05, 3.63) is 47.8 Å². The molecule has 0 aliphatic rings. The maximum atomic E-state index is 12.9. The highest BCUT2D eigenvalue weighted by Crippen LogP contribution is 2.38. The number of aliphatic imine (C=N–C) groups is 1. The summed E-state index contributed by atoms with van der Waals surface area (Å²) >= 11 is 0. The van der Waals surface area contributed by atoms with Crippen molar-refractivity contribution in [1.29, 1.82) is 0 Å². The molecule has 0 spiro atoms. The van der Waals surface area contributed by atoms with E-state index in [2.05, 4.69) is 15.6 Å². The molecule has 0 atom stereocenters. The van der Waals surface area contributed by atoms with E-state index in [0.717, 1.165) is 24.9 Å². The molecule has 0 bridgehead atoms. The number of hydrogen-bond acceptors (Lipinski definition) is 5. The van der Waals surface area contributed by atoms with E-state index in [9.17, 15) is 4.39 Å². The van der Waals surface area contributed by atoms with E-state index in [0.29, 0.717) is 42.1 Å². The van der Waals surface area contributed by atoms with Crippen molar-refractivity contribution >= 4 is 5.96 Å². The molecule has 164 valence electrons. The lowest BCUT2D eigenvalue weighted by atomic mass is 10.2. The van der Waals surface area contributed by atoms with Crippen molar-refractivity contribution in [2.45, 2.75) is 19.4 Å². The Hall–Kier alpha value is -3.16. The minimum Gasteiger partial charge on any atom is -0.494 e. The standard InChI is InChI=1S/C22H30FN3O4/c1-24-22(25-11-5-6-12-30-18-9-7-17(23)8-10-18)26-15-16-13-19(27-2)21(29-4)20(14-16)28-3/h7-10,13-14H,5-6,11-12,15H2,1-4H3,(H2,24,25,26). The highest BCUT2D eigenvalue weighted by Gasteiger charge is 2.13. The van der Waals surface area contributed by atoms with Gasteiger partial charge in [-0.25, -0.2) is 4.39 Å². The summed E-state index contributed by atoms with van der Waals surface area (Å²) in [5.74, 6) is 2.89. The molecule has 2 rings (SSSR count). The summed E-state index contributed by atoms with van der Waals surface area (Å²) < 4.78 is 34.6. The van der Waals surface area contributed by atoms with Crippen LogP contribution < -0.4 is 29.6 Å². The third-order valence-electron chi connectivity index (χ3n) is 4.35. The lowest BCUT2D eigenvalue weighted by Crippen LogP contribution is -2.37. The van der Waals surface area contributed by atoms with Crippen LogP contribution in [-0.4, -0.2) is 47.5 Å². The van der Waals surface area contributed by atoms with E-state index in [-0.39, 0.29) is 5.82 Å². The lowest BCUT2D eigenvalue weighted by Gasteiger charge is -2.16. The van der Waals surface area contributed by atoms with Crippen LogP contribution in [0.1, 0.15) is 18.4 Å². The second-order valence-electron chi connectivity index (χ2n) is 6.40. The Morgan fingerprint density at radius 1 is 0.933 bits per heavy atom. The van der Waals surface area contributed by atoms with Gasteiger partial charge in [-0.2, -0.15) is 0 Å². The van der Waals surface area contributed by atoms with Gasteiger partial charge in [0.05, 0.1) is 27.9 Å². The summed E-state index contributed by atoms with van der Waals surface area (Å²) in [5.41, 5.74) is 0.972. The Labute approximate surface area is 177 Å². The second-order valence-corrected chi connectivity index (χ2v) is 6.40. The van der Waals surface area contributed by atoms with Crippen molar-refractivity contribution < 1.29 is 23.3 Å². The predicted octanol–water partition coefficient (Wildman–Crippen LogP) is 3.38. The van der Waals surface area contributed by atoms with Crippen molar-refractivity contribution in [2.75, 3.05) is 41.5 Å². The molecule has 0 saturated carbocycles. The largest absolute Gasteiger partial charge is 0.494 e. The number of hydrogen-bond donors (Lipinski definition) is 2. The highest BCUT2D eigenvalue weighted by molar-refractivity contribution is 5.79. The van der Waals surface area contributed by atoms with E-state index >= 15 is 0 Å². The summed E-state index contributed by atoms with van der Waals surface area (Å²) in [5, 5.41) is 6.54. The third-order valence-corrected chi connectivity index (χ3v) is 4.35. The first-order chi connectivity index (χ1) is 14.6. The van der Waals surface area contributed by atoms with Crippen LogP contribution in [0.25, 0.3) is 0 Å². The summed E-state index contributed by atoms with van der Waals surface area (Å²) in [6.45, 7) is 1.87. The SMILES string of the molecule is CN=C(NCCCCOc1ccc(F)cc1)NCc1cc(OC)c(OC)c(OC)c1. The fourth-order valence-corrected chi connectivity index (χ4v) is 2.80. The molecule has 0 fully saturated rings. The van der Waals surface area contributed by atoms with Crippen LogP contribution in [-0.2, 0) is 6.54 Å². The van der Waals surface area contributed by atoms with Gasteiger partial charge in [-0.3, -0.25) is 4.99 Å². The molecule has 30 heavy (non-hydrogen) atoms. The average molecular weight is 419 g/mol. The van der Waals surface area contributed by atoms with Gasteiger partial charge in [0.15, 0.2) is 17.5 Å². The molecule has 0 aliphatic heterocycles. The van der Waals surface area contributed by atoms with E-state index in [1.54, 1.807) is 40.5 Å². The quantitative estimate of drug-likeness (QED) is 0.331. The van der Waals surface area contributed by atoms with Crippen molar-refractivity contribution in [3.8, 4) is 23.0 Å². The Morgan fingerprint density at radius 2 is 1.60 bits per heavy atom. The minimum absolute atomic E-state index is 0.267. The monoisotopic (exact) mass is 419 g/mol. The van der Waals surface area contributed by atoms with Gasteiger partial charge in [-0.1, -0.05) is 0 Å². The predicted molar refractivity (Wildman–Crippen MR) is 115 cm³/mol. The van der Waals surface area contributed by atoms with E-state index in [1.807, 2.05) is 12.1 Å². The molecule has 0 radical (unpaired) electrons. The minimum atomic E-state index is -0.267. The molecule has 0 saturated heterocycles. The molecular formula is C22H30FN3O4. The number of methoxy groups -OCH3 is 3. The van der Waals surface area contributed by atoms with Crippen LogP contribution in [0, 0.1) is 5.82 Å². The number of rotatable bonds is 11. The van der Waals surface area contributed by atoms with E-state index in [4.69, 9.17) is 18.9 Å². The van der Waals surface area contributed by atoms with Gasteiger partial charge in [-0.05, 0) is 54.8 Å². The molecular weight excluding hydrogens is 389 g/mol. The fourth-order valence-electron chi connectivity index (χ4n) is 2.80. The number of benzene rings is 2. The van der Waals surface area contributed by atoms with Gasteiger partial charge >= 0.3 is 0 Å². The van der Waals surface area contributed by atoms with Crippen molar-refractivity contribution in [1.82, 2.24) is 10.6 Å². The van der Waals surface area contributed by atoms with Gasteiger partial charge in [-0.15, -0.1) is 0 Å². The van der Waals surface area contributed by atoms with Gasteiger partial charge < -0.3 is 29.6 Å². The van der Waals surface area contributed by atoms with Crippen LogP contribution in [0.5, 0.6) is 23.0 Å². The highest BCUT2D eigenvalue weighted by atomic mass is 19.1. The normalized spacial score (nSPS) is 11.0. The Morgan fingerprint density at radius 3 is 2.17 bits per heavy atom. The summed E-state index contributed by atoms with van der Waals surface area (Å²) in [4.78, 5) is 4.24. The molecule has 2 aromatic rings. The number of guanidine groups is 1. The molecule has 0 unspecified atom stereocenters. The Balaban J connectivity index is 1.73. The van der Waals surface area contributed by atoms with Crippen LogP contribution in [0.4, 0.5) is 4.39 Å². The first kappa shape index (κ1) is 23.1. The van der Waals surface area contributed by atoms with Crippen LogP contribution in [0.2, 0.25) is 0 Å². The second kappa shape index (κ2) is 12.4. The maximum absolute atomic E-state index is 12.9. The van der Waals surface area contributed by atoms with Gasteiger partial charge in [0, 0.05) is 20.1 Å². The molecule has 0 aliphatic carbocycles. The number of nitrogens with zero attached hydrogens (tertiary/aromatic N) is 1. The first-order valence-electron chi connectivity index (χ1n) is 9.73. The fraction of sp³-hybridized carbons (Fsp3) is 0.409. The van der Waals surface area contributed by atoms with Crippen LogP contribution in [0.15, 0.2) is 41.4 Å². The van der Waals surface area contributed by atoms with Gasteiger partial charge in [0.25, 0.3) is 0 Å².